The molecule has 0 atom stereocenters. The van der Waals surface area contributed by atoms with Crippen molar-refractivity contribution in [3.05, 3.63) is 18.5 Å². The highest BCUT2D eigenvalue weighted by Crippen LogP contribution is 2.15. The van der Waals surface area contributed by atoms with Crippen LogP contribution in [0.2, 0.25) is 0 Å². The molecule has 0 bridgehead atoms. The Balaban J connectivity index is 2.23. The number of carbonyl (C=O) groups is 1. The van der Waals surface area contributed by atoms with Crippen LogP contribution >= 0.6 is 0 Å². The van der Waals surface area contributed by atoms with Gasteiger partial charge in [-0.2, -0.15) is 5.10 Å². The molecule has 2 aromatic rings. The van der Waals surface area contributed by atoms with Crippen molar-refractivity contribution in [2.75, 3.05) is 5.32 Å². The van der Waals surface area contributed by atoms with Crippen LogP contribution in [0.4, 0.5) is 5.95 Å². The fourth-order valence-corrected chi connectivity index (χ4v) is 1.24. The van der Waals surface area contributed by atoms with Gasteiger partial charge in [0.2, 0.25) is 11.9 Å². The van der Waals surface area contributed by atoms with Gasteiger partial charge in [0.1, 0.15) is 5.69 Å². The summed E-state index contributed by atoms with van der Waals surface area (Å²) in [5, 5.41) is 6.77. The van der Waals surface area contributed by atoms with Gasteiger partial charge in [0.15, 0.2) is 0 Å². The third kappa shape index (κ3) is 2.04. The Morgan fingerprint density at radius 1 is 1.60 bits per heavy atom. The summed E-state index contributed by atoms with van der Waals surface area (Å²) >= 11 is 0. The Kier molecular flexibility index (Phi) is 2.24. The summed E-state index contributed by atoms with van der Waals surface area (Å²) in [4.78, 5) is 17.7. The monoisotopic (exact) mass is 205 g/mol. The van der Waals surface area contributed by atoms with E-state index in [2.05, 4.69) is 20.4 Å². The summed E-state index contributed by atoms with van der Waals surface area (Å²) in [5.74, 6) is 0.278. The van der Waals surface area contributed by atoms with E-state index < -0.39 is 0 Å². The van der Waals surface area contributed by atoms with Gasteiger partial charge in [-0.3, -0.25) is 14.8 Å². The van der Waals surface area contributed by atoms with Crippen molar-refractivity contribution >= 4 is 11.9 Å². The zero-order chi connectivity index (χ0) is 10.8. The van der Waals surface area contributed by atoms with Crippen LogP contribution < -0.4 is 5.32 Å². The Bertz CT molecular complexity index is 484. The number of carbonyl (C=O) groups excluding carboxylic acids is 1. The Hall–Kier alpha value is -2.11. The van der Waals surface area contributed by atoms with E-state index in [4.69, 9.17) is 0 Å². The predicted octanol–water partition coefficient (Wildman–Crippen LogP) is 0.769. The molecule has 2 aromatic heterocycles. The highest BCUT2D eigenvalue weighted by atomic mass is 16.1. The average molecular weight is 205 g/mol. The van der Waals surface area contributed by atoms with Gasteiger partial charge in [-0.25, -0.2) is 4.98 Å². The molecule has 0 spiro atoms. The van der Waals surface area contributed by atoms with Crippen molar-refractivity contribution in [1.29, 1.82) is 0 Å². The molecule has 2 rings (SSSR count). The molecule has 6 nitrogen and oxygen atoms in total. The predicted molar refractivity (Wildman–Crippen MR) is 55.1 cm³/mol. The fourth-order valence-electron chi connectivity index (χ4n) is 1.24. The topological polar surface area (TPSA) is 75.6 Å². The molecule has 2 heterocycles. The molecule has 0 aliphatic rings. The van der Waals surface area contributed by atoms with E-state index in [1.54, 1.807) is 10.9 Å². The average Bonchev–Trinajstić information content (AvgIpc) is 2.72. The largest absolute Gasteiger partial charge is 0.323 e. The number of rotatable bonds is 2. The molecule has 2 N–H and O–H groups in total. The molecule has 0 aromatic carbocycles. The first-order chi connectivity index (χ1) is 7.15. The fraction of sp³-hybridized carbons (Fsp3) is 0.222. The van der Waals surface area contributed by atoms with Crippen LogP contribution in [0.5, 0.6) is 0 Å². The maximum Gasteiger partial charge on any atom is 0.223 e. The molecule has 1 amide bonds. The zero-order valence-corrected chi connectivity index (χ0v) is 8.48. The van der Waals surface area contributed by atoms with Gasteiger partial charge in [-0.1, -0.05) is 0 Å². The van der Waals surface area contributed by atoms with Crippen LogP contribution in [0.1, 0.15) is 6.92 Å². The van der Waals surface area contributed by atoms with E-state index in [0.717, 1.165) is 11.4 Å². The van der Waals surface area contributed by atoms with Crippen molar-refractivity contribution < 1.29 is 4.79 Å². The van der Waals surface area contributed by atoms with Gasteiger partial charge >= 0.3 is 0 Å². The maximum atomic E-state index is 10.8. The number of H-pyrrole nitrogens is 1. The van der Waals surface area contributed by atoms with Crippen molar-refractivity contribution in [2.24, 2.45) is 7.05 Å². The summed E-state index contributed by atoms with van der Waals surface area (Å²) in [6, 6.07) is 1.87. The van der Waals surface area contributed by atoms with E-state index in [1.807, 2.05) is 19.3 Å². The van der Waals surface area contributed by atoms with Gasteiger partial charge < -0.3 is 4.98 Å². The van der Waals surface area contributed by atoms with Crippen LogP contribution in [0, 0.1) is 0 Å². The standard InChI is InChI=1S/C9H11N5O/c1-6(15)11-9-10-5-8(12-9)7-3-4-14(2)13-7/h3-5H,1-2H3,(H2,10,11,12,15). The number of amides is 1. The molecule has 78 valence electrons. The Morgan fingerprint density at radius 2 is 2.40 bits per heavy atom. The number of nitrogens with zero attached hydrogens (tertiary/aromatic N) is 3. The van der Waals surface area contributed by atoms with Crippen molar-refractivity contribution in [1.82, 2.24) is 19.7 Å². The van der Waals surface area contributed by atoms with Crippen molar-refractivity contribution in [3.8, 4) is 11.4 Å². The second kappa shape index (κ2) is 3.56. The number of hydrogen-bond donors (Lipinski definition) is 2. The minimum absolute atomic E-state index is 0.156. The van der Waals surface area contributed by atoms with E-state index >= 15 is 0 Å². The van der Waals surface area contributed by atoms with Gasteiger partial charge in [-0.15, -0.1) is 0 Å². The van der Waals surface area contributed by atoms with Crippen LogP contribution in [0.3, 0.4) is 0 Å². The van der Waals surface area contributed by atoms with Crippen molar-refractivity contribution in [2.45, 2.75) is 6.92 Å². The molecule has 15 heavy (non-hydrogen) atoms. The lowest BCUT2D eigenvalue weighted by Crippen LogP contribution is -2.06. The highest BCUT2D eigenvalue weighted by molar-refractivity contribution is 5.86. The second-order valence-corrected chi connectivity index (χ2v) is 3.20. The molecule has 6 heteroatoms. The third-order valence-electron chi connectivity index (χ3n) is 1.86. The molecule has 0 saturated carbocycles. The second-order valence-electron chi connectivity index (χ2n) is 3.20. The number of aromatic nitrogens is 4. The quantitative estimate of drug-likeness (QED) is 0.760. The number of aryl methyl sites for hydroxylation is 1. The molecule has 0 aliphatic heterocycles. The van der Waals surface area contributed by atoms with E-state index in [9.17, 15) is 4.79 Å². The number of aromatic amines is 1. The lowest BCUT2D eigenvalue weighted by molar-refractivity contribution is -0.114. The summed E-state index contributed by atoms with van der Waals surface area (Å²) < 4.78 is 1.70. The number of nitrogens with one attached hydrogen (secondary N) is 2. The highest BCUT2D eigenvalue weighted by Gasteiger charge is 2.05. The van der Waals surface area contributed by atoms with Crippen molar-refractivity contribution in [3.63, 3.8) is 0 Å². The molecule has 0 radical (unpaired) electrons. The molecule has 0 unspecified atom stereocenters. The minimum Gasteiger partial charge on any atom is -0.323 e. The summed E-state index contributed by atoms with van der Waals surface area (Å²) in [6.45, 7) is 1.43. The first-order valence-electron chi connectivity index (χ1n) is 4.48. The van der Waals surface area contributed by atoms with Crippen LogP contribution in [0.25, 0.3) is 11.4 Å². The van der Waals surface area contributed by atoms with Gasteiger partial charge in [-0.05, 0) is 6.07 Å². The molecule has 0 aliphatic carbocycles. The number of imidazole rings is 1. The van der Waals surface area contributed by atoms with Gasteiger partial charge in [0.05, 0.1) is 11.9 Å². The first kappa shape index (κ1) is 9.45. The lowest BCUT2D eigenvalue weighted by Gasteiger charge is -1.94. The molecular formula is C9H11N5O. The molecule has 0 fully saturated rings. The van der Waals surface area contributed by atoms with Crippen LogP contribution in [-0.2, 0) is 11.8 Å². The van der Waals surface area contributed by atoms with E-state index in [-0.39, 0.29) is 5.91 Å². The number of anilines is 1. The minimum atomic E-state index is -0.156. The number of hydrogen-bond acceptors (Lipinski definition) is 3. The molecule has 0 saturated heterocycles. The maximum absolute atomic E-state index is 10.8. The first-order valence-corrected chi connectivity index (χ1v) is 4.48. The van der Waals surface area contributed by atoms with E-state index in [0.29, 0.717) is 5.95 Å². The lowest BCUT2D eigenvalue weighted by atomic mass is 10.3. The Labute approximate surface area is 86.3 Å². The normalized spacial score (nSPS) is 10.3. The Morgan fingerprint density at radius 3 is 3.00 bits per heavy atom. The van der Waals surface area contributed by atoms with Gasteiger partial charge in [0, 0.05) is 20.2 Å². The SMILES string of the molecule is CC(=O)Nc1ncc(-c2ccn(C)n2)[nH]1. The molecular weight excluding hydrogens is 194 g/mol. The van der Waals surface area contributed by atoms with Crippen LogP contribution in [-0.4, -0.2) is 25.7 Å². The zero-order valence-electron chi connectivity index (χ0n) is 8.48. The van der Waals surface area contributed by atoms with Crippen LogP contribution in [0.15, 0.2) is 18.5 Å². The summed E-state index contributed by atoms with van der Waals surface area (Å²) in [5.41, 5.74) is 1.57. The smallest absolute Gasteiger partial charge is 0.223 e. The van der Waals surface area contributed by atoms with E-state index in [1.165, 1.54) is 6.92 Å². The third-order valence-corrected chi connectivity index (χ3v) is 1.86. The summed E-state index contributed by atoms with van der Waals surface area (Å²) in [6.07, 6.45) is 3.47. The summed E-state index contributed by atoms with van der Waals surface area (Å²) in [7, 11) is 1.84. The van der Waals surface area contributed by atoms with Gasteiger partial charge in [0.25, 0.3) is 0 Å².